The molecule has 0 spiro atoms. The van der Waals surface area contributed by atoms with Crippen molar-refractivity contribution in [2.24, 2.45) is 0 Å². The molecule has 1 aromatic heterocycles. The molecule has 0 aliphatic heterocycles. The number of nitrogens with zero attached hydrogens (tertiary/aromatic N) is 1. The number of furan rings is 1. The number of benzene rings is 2. The zero-order valence-corrected chi connectivity index (χ0v) is 16.3. The maximum absolute atomic E-state index is 13.7. The zero-order valence-electron chi connectivity index (χ0n) is 16.3. The van der Waals surface area contributed by atoms with Crippen LogP contribution in [0.5, 0.6) is 0 Å². The highest BCUT2D eigenvalue weighted by Gasteiger charge is 2.16. The molecule has 7 heteroatoms. The van der Waals surface area contributed by atoms with Crippen LogP contribution >= 0.6 is 0 Å². The maximum Gasteiger partial charge on any atom is 0.254 e. The van der Waals surface area contributed by atoms with Crippen molar-refractivity contribution in [3.8, 4) is 0 Å². The van der Waals surface area contributed by atoms with E-state index in [0.717, 1.165) is 17.7 Å². The van der Waals surface area contributed by atoms with Gasteiger partial charge in [-0.25, -0.2) is 8.78 Å². The molecular weight excluding hydrogens is 390 g/mol. The van der Waals surface area contributed by atoms with Crippen LogP contribution in [0.2, 0.25) is 0 Å². The standard InChI is InChI=1S/C23H22F2N2O3/c24-18-10-11-20(21(25)14-18)23(29)26-12-4-9-22(28)27(16-19-8-5-13-30-19)15-17-6-2-1-3-7-17/h1-3,5-8,10-11,13-14H,4,9,12,15-16H2,(H,26,29). The lowest BCUT2D eigenvalue weighted by Gasteiger charge is -2.22. The lowest BCUT2D eigenvalue weighted by molar-refractivity contribution is -0.132. The normalized spacial score (nSPS) is 10.6. The van der Waals surface area contributed by atoms with Crippen LogP contribution in [0.15, 0.2) is 71.3 Å². The predicted molar refractivity (Wildman–Crippen MR) is 107 cm³/mol. The van der Waals surface area contributed by atoms with Gasteiger partial charge in [0.1, 0.15) is 17.4 Å². The largest absolute Gasteiger partial charge is 0.467 e. The van der Waals surface area contributed by atoms with E-state index in [1.807, 2.05) is 36.4 Å². The summed E-state index contributed by atoms with van der Waals surface area (Å²) in [5, 5.41) is 2.56. The fourth-order valence-corrected chi connectivity index (χ4v) is 3.00. The molecule has 1 heterocycles. The average Bonchev–Trinajstić information content (AvgIpc) is 3.24. The number of hydrogen-bond donors (Lipinski definition) is 1. The van der Waals surface area contributed by atoms with Gasteiger partial charge in [-0.3, -0.25) is 9.59 Å². The highest BCUT2D eigenvalue weighted by molar-refractivity contribution is 5.94. The van der Waals surface area contributed by atoms with Crippen LogP contribution in [0.1, 0.15) is 34.5 Å². The molecule has 3 rings (SSSR count). The van der Waals surface area contributed by atoms with Gasteiger partial charge in [0.2, 0.25) is 5.91 Å². The molecule has 2 aromatic carbocycles. The van der Waals surface area contributed by atoms with E-state index in [2.05, 4.69) is 5.32 Å². The van der Waals surface area contributed by atoms with Gasteiger partial charge in [-0.15, -0.1) is 0 Å². The van der Waals surface area contributed by atoms with Gasteiger partial charge in [-0.05, 0) is 36.2 Å². The van der Waals surface area contributed by atoms with E-state index in [9.17, 15) is 18.4 Å². The van der Waals surface area contributed by atoms with Crippen molar-refractivity contribution in [2.75, 3.05) is 6.54 Å². The molecule has 0 fully saturated rings. The second-order valence-corrected chi connectivity index (χ2v) is 6.80. The van der Waals surface area contributed by atoms with Gasteiger partial charge in [-0.2, -0.15) is 0 Å². The molecule has 0 atom stereocenters. The van der Waals surface area contributed by atoms with E-state index in [-0.39, 0.29) is 24.4 Å². The van der Waals surface area contributed by atoms with Crippen LogP contribution in [-0.2, 0) is 17.9 Å². The molecule has 0 unspecified atom stereocenters. The molecular formula is C23H22F2N2O3. The monoisotopic (exact) mass is 412 g/mol. The molecule has 30 heavy (non-hydrogen) atoms. The van der Waals surface area contributed by atoms with Crippen LogP contribution < -0.4 is 5.32 Å². The van der Waals surface area contributed by atoms with Crippen molar-refractivity contribution in [3.05, 3.63) is 95.4 Å². The van der Waals surface area contributed by atoms with Crippen molar-refractivity contribution in [2.45, 2.75) is 25.9 Å². The fraction of sp³-hybridized carbons (Fsp3) is 0.217. The Bertz CT molecular complexity index is 975. The Hall–Kier alpha value is -3.48. The van der Waals surface area contributed by atoms with E-state index < -0.39 is 17.5 Å². The third-order valence-electron chi connectivity index (χ3n) is 4.52. The van der Waals surface area contributed by atoms with Gasteiger partial charge in [0, 0.05) is 25.6 Å². The number of halogens is 2. The minimum Gasteiger partial charge on any atom is -0.467 e. The van der Waals surface area contributed by atoms with Crippen LogP contribution in [0.25, 0.3) is 0 Å². The minimum absolute atomic E-state index is 0.0857. The summed E-state index contributed by atoms with van der Waals surface area (Å²) < 4.78 is 32.0. The first-order valence-corrected chi connectivity index (χ1v) is 9.60. The highest BCUT2D eigenvalue weighted by atomic mass is 19.1. The summed E-state index contributed by atoms with van der Waals surface area (Å²) in [5.74, 6) is -1.71. The highest BCUT2D eigenvalue weighted by Crippen LogP contribution is 2.13. The third-order valence-corrected chi connectivity index (χ3v) is 4.52. The topological polar surface area (TPSA) is 62.6 Å². The number of carbonyl (C=O) groups is 2. The zero-order chi connectivity index (χ0) is 21.3. The molecule has 0 radical (unpaired) electrons. The third kappa shape index (κ3) is 6.01. The summed E-state index contributed by atoms with van der Waals surface area (Å²) in [4.78, 5) is 26.5. The Morgan fingerprint density at radius 3 is 2.47 bits per heavy atom. The Morgan fingerprint density at radius 2 is 1.77 bits per heavy atom. The van der Waals surface area contributed by atoms with Crippen molar-refractivity contribution in [3.63, 3.8) is 0 Å². The predicted octanol–water partition coefficient (Wildman–Crippen LogP) is 4.30. The fourth-order valence-electron chi connectivity index (χ4n) is 3.00. The molecule has 1 N–H and O–H groups in total. The summed E-state index contributed by atoms with van der Waals surface area (Å²) in [6.45, 7) is 0.975. The summed E-state index contributed by atoms with van der Waals surface area (Å²) in [6, 6.07) is 16.0. The van der Waals surface area contributed by atoms with E-state index in [4.69, 9.17) is 4.42 Å². The quantitative estimate of drug-likeness (QED) is 0.533. The molecule has 5 nitrogen and oxygen atoms in total. The van der Waals surface area contributed by atoms with E-state index in [1.54, 1.807) is 17.2 Å². The van der Waals surface area contributed by atoms with E-state index in [1.165, 1.54) is 0 Å². The lowest BCUT2D eigenvalue weighted by atomic mass is 10.1. The minimum atomic E-state index is -0.920. The molecule has 0 aliphatic rings. The average molecular weight is 412 g/mol. The van der Waals surface area contributed by atoms with Gasteiger partial charge in [-0.1, -0.05) is 30.3 Å². The van der Waals surface area contributed by atoms with Gasteiger partial charge in [0.25, 0.3) is 5.91 Å². The van der Waals surface area contributed by atoms with Crippen LogP contribution in [0.3, 0.4) is 0 Å². The van der Waals surface area contributed by atoms with Crippen LogP contribution in [0, 0.1) is 11.6 Å². The molecule has 0 aliphatic carbocycles. The lowest BCUT2D eigenvalue weighted by Crippen LogP contribution is -2.31. The van der Waals surface area contributed by atoms with Crippen LogP contribution in [0.4, 0.5) is 8.78 Å². The number of rotatable bonds is 9. The SMILES string of the molecule is O=C(NCCCC(=O)N(Cc1ccccc1)Cc1ccco1)c1ccc(F)cc1F. The summed E-state index contributed by atoms with van der Waals surface area (Å²) >= 11 is 0. The number of carbonyl (C=O) groups excluding carboxylic acids is 2. The van der Waals surface area contributed by atoms with Crippen molar-refractivity contribution in [1.82, 2.24) is 10.2 Å². The Kier molecular flexibility index (Phi) is 7.32. The first-order valence-electron chi connectivity index (χ1n) is 9.60. The van der Waals surface area contributed by atoms with E-state index in [0.29, 0.717) is 31.3 Å². The molecule has 0 saturated carbocycles. The smallest absolute Gasteiger partial charge is 0.254 e. The second-order valence-electron chi connectivity index (χ2n) is 6.80. The van der Waals surface area contributed by atoms with Crippen molar-refractivity contribution in [1.29, 1.82) is 0 Å². The Balaban J connectivity index is 1.52. The van der Waals surface area contributed by atoms with Crippen molar-refractivity contribution < 1.29 is 22.8 Å². The molecule has 0 saturated heterocycles. The Labute approximate surface area is 173 Å². The van der Waals surface area contributed by atoms with Gasteiger partial charge in [0.15, 0.2) is 0 Å². The van der Waals surface area contributed by atoms with Crippen LogP contribution in [-0.4, -0.2) is 23.3 Å². The van der Waals surface area contributed by atoms with Gasteiger partial charge in [0.05, 0.1) is 18.4 Å². The molecule has 156 valence electrons. The number of nitrogens with one attached hydrogen (secondary N) is 1. The summed E-state index contributed by atoms with van der Waals surface area (Å²) in [5.41, 5.74) is 0.767. The Morgan fingerprint density at radius 1 is 0.967 bits per heavy atom. The molecule has 3 aromatic rings. The number of hydrogen-bond acceptors (Lipinski definition) is 3. The van der Waals surface area contributed by atoms with Crippen molar-refractivity contribution >= 4 is 11.8 Å². The summed E-state index contributed by atoms with van der Waals surface area (Å²) in [7, 11) is 0. The maximum atomic E-state index is 13.7. The van der Waals surface area contributed by atoms with Gasteiger partial charge >= 0.3 is 0 Å². The van der Waals surface area contributed by atoms with E-state index >= 15 is 0 Å². The first kappa shape index (κ1) is 21.2. The van der Waals surface area contributed by atoms with Gasteiger partial charge < -0.3 is 14.6 Å². The molecule has 0 bridgehead atoms. The second kappa shape index (κ2) is 10.3. The molecule has 2 amide bonds. The first-order chi connectivity index (χ1) is 14.5. The number of amides is 2. The summed E-state index contributed by atoms with van der Waals surface area (Å²) in [6.07, 6.45) is 2.15.